The van der Waals surface area contributed by atoms with E-state index in [1.165, 1.54) is 24.2 Å². The highest BCUT2D eigenvalue weighted by Crippen LogP contribution is 2.25. The summed E-state index contributed by atoms with van der Waals surface area (Å²) in [5.41, 5.74) is 6.66. The van der Waals surface area contributed by atoms with Gasteiger partial charge in [-0.05, 0) is 31.5 Å². The van der Waals surface area contributed by atoms with Gasteiger partial charge in [-0.15, -0.1) is 10.2 Å². The first-order valence-electron chi connectivity index (χ1n) is 7.38. The van der Waals surface area contributed by atoms with E-state index in [1.54, 1.807) is 0 Å². The first-order valence-corrected chi connectivity index (χ1v) is 8.19. The average Bonchev–Trinajstić information content (AvgIpc) is 3.17. The molecule has 2 aromatic rings. The molecule has 1 aliphatic heterocycles. The summed E-state index contributed by atoms with van der Waals surface area (Å²) in [7, 11) is 0. The number of aromatic nitrogens is 2. The zero-order chi connectivity index (χ0) is 15.4. The third-order valence-corrected chi connectivity index (χ3v) is 4.52. The molecule has 22 heavy (non-hydrogen) atoms. The smallest absolute Gasteiger partial charge is 0.235 e. The molecule has 0 saturated carbocycles. The number of rotatable bonds is 5. The van der Waals surface area contributed by atoms with Crippen molar-refractivity contribution in [2.45, 2.75) is 18.9 Å². The van der Waals surface area contributed by atoms with E-state index in [2.05, 4.69) is 20.4 Å². The summed E-state index contributed by atoms with van der Waals surface area (Å²) in [6.45, 7) is 2.42. The predicted octanol–water partition coefficient (Wildman–Crippen LogP) is 1.42. The summed E-state index contributed by atoms with van der Waals surface area (Å²) < 4.78 is 0. The van der Waals surface area contributed by atoms with E-state index in [9.17, 15) is 4.79 Å². The van der Waals surface area contributed by atoms with Gasteiger partial charge in [0.2, 0.25) is 11.0 Å². The minimum Gasteiger partial charge on any atom is -0.374 e. The SMILES string of the molecule is Nc1nnc(C(NC(=O)CN2CCCC2)c2ccccc2)s1. The van der Waals surface area contributed by atoms with Crippen LogP contribution in [0.5, 0.6) is 0 Å². The third kappa shape index (κ3) is 3.61. The molecule has 1 aromatic carbocycles. The number of benzene rings is 1. The number of anilines is 1. The second-order valence-corrected chi connectivity index (χ2v) is 6.41. The first kappa shape index (κ1) is 14.9. The Morgan fingerprint density at radius 2 is 2.00 bits per heavy atom. The van der Waals surface area contributed by atoms with Crippen LogP contribution < -0.4 is 11.1 Å². The summed E-state index contributed by atoms with van der Waals surface area (Å²) in [5.74, 6) is 0.00419. The summed E-state index contributed by atoms with van der Waals surface area (Å²) in [6.07, 6.45) is 2.34. The number of likely N-dealkylation sites (tertiary alicyclic amines) is 1. The molecule has 1 atom stereocenters. The molecule has 1 unspecified atom stereocenters. The lowest BCUT2D eigenvalue weighted by atomic mass is 10.1. The lowest BCUT2D eigenvalue weighted by Crippen LogP contribution is -2.38. The van der Waals surface area contributed by atoms with Crippen LogP contribution in [0.25, 0.3) is 0 Å². The lowest BCUT2D eigenvalue weighted by molar-refractivity contribution is -0.122. The molecule has 1 aromatic heterocycles. The molecule has 1 saturated heterocycles. The van der Waals surface area contributed by atoms with Gasteiger partial charge in [0.15, 0.2) is 0 Å². The number of hydrogen-bond donors (Lipinski definition) is 2. The topological polar surface area (TPSA) is 84.1 Å². The number of nitrogen functional groups attached to an aromatic ring is 1. The summed E-state index contributed by atoms with van der Waals surface area (Å²) in [4.78, 5) is 14.5. The van der Waals surface area contributed by atoms with Crippen molar-refractivity contribution in [3.63, 3.8) is 0 Å². The van der Waals surface area contributed by atoms with Crippen LogP contribution in [0.2, 0.25) is 0 Å². The van der Waals surface area contributed by atoms with Gasteiger partial charge in [0.25, 0.3) is 0 Å². The van der Waals surface area contributed by atoms with Crippen LogP contribution in [0.4, 0.5) is 5.13 Å². The number of amides is 1. The van der Waals surface area contributed by atoms with Crippen molar-refractivity contribution in [1.82, 2.24) is 20.4 Å². The zero-order valence-electron chi connectivity index (χ0n) is 12.2. The van der Waals surface area contributed by atoms with Gasteiger partial charge in [-0.3, -0.25) is 9.69 Å². The lowest BCUT2D eigenvalue weighted by Gasteiger charge is -2.19. The summed E-state index contributed by atoms with van der Waals surface area (Å²) in [5, 5.41) is 12.1. The van der Waals surface area contributed by atoms with E-state index >= 15 is 0 Å². The normalized spacial score (nSPS) is 16.5. The van der Waals surface area contributed by atoms with Crippen LogP contribution in [0, 0.1) is 0 Å². The number of hydrogen-bond acceptors (Lipinski definition) is 6. The van der Waals surface area contributed by atoms with Gasteiger partial charge < -0.3 is 11.1 Å². The second kappa shape index (κ2) is 6.85. The van der Waals surface area contributed by atoms with Crippen LogP contribution in [0.3, 0.4) is 0 Å². The Morgan fingerprint density at radius 3 is 2.64 bits per heavy atom. The van der Waals surface area contributed by atoms with E-state index in [4.69, 9.17) is 5.73 Å². The maximum absolute atomic E-state index is 12.3. The van der Waals surface area contributed by atoms with Gasteiger partial charge in [0, 0.05) is 0 Å². The molecule has 3 N–H and O–H groups in total. The fourth-order valence-electron chi connectivity index (χ4n) is 2.65. The fraction of sp³-hybridized carbons (Fsp3) is 0.400. The highest BCUT2D eigenvalue weighted by atomic mass is 32.1. The Labute approximate surface area is 133 Å². The van der Waals surface area contributed by atoms with Crippen LogP contribution in [-0.4, -0.2) is 40.6 Å². The van der Waals surface area contributed by atoms with Crippen molar-refractivity contribution in [3.05, 3.63) is 40.9 Å². The Hall–Kier alpha value is -1.99. The number of nitrogens with one attached hydrogen (secondary N) is 1. The molecule has 0 spiro atoms. The molecule has 6 nitrogen and oxygen atoms in total. The van der Waals surface area contributed by atoms with Crippen molar-refractivity contribution in [1.29, 1.82) is 0 Å². The molecule has 0 radical (unpaired) electrons. The van der Waals surface area contributed by atoms with E-state index in [-0.39, 0.29) is 11.9 Å². The Kier molecular flexibility index (Phi) is 4.65. The quantitative estimate of drug-likeness (QED) is 0.871. The molecule has 1 amide bonds. The average molecular weight is 317 g/mol. The Balaban J connectivity index is 1.75. The largest absolute Gasteiger partial charge is 0.374 e. The van der Waals surface area contributed by atoms with Gasteiger partial charge in [-0.1, -0.05) is 41.7 Å². The van der Waals surface area contributed by atoms with Gasteiger partial charge >= 0.3 is 0 Å². The molecule has 1 fully saturated rings. The van der Waals surface area contributed by atoms with E-state index < -0.39 is 0 Å². The van der Waals surface area contributed by atoms with Gasteiger partial charge in [-0.2, -0.15) is 0 Å². The van der Waals surface area contributed by atoms with Crippen LogP contribution >= 0.6 is 11.3 Å². The van der Waals surface area contributed by atoms with Gasteiger partial charge in [0.1, 0.15) is 11.0 Å². The molecule has 0 bridgehead atoms. The fourth-order valence-corrected chi connectivity index (χ4v) is 3.34. The number of carbonyl (C=O) groups is 1. The van der Waals surface area contributed by atoms with Crippen molar-refractivity contribution in [3.8, 4) is 0 Å². The minimum absolute atomic E-state index is 0.00419. The monoisotopic (exact) mass is 317 g/mol. The third-order valence-electron chi connectivity index (χ3n) is 3.71. The van der Waals surface area contributed by atoms with Crippen molar-refractivity contribution < 1.29 is 4.79 Å². The van der Waals surface area contributed by atoms with E-state index in [0.717, 1.165) is 18.7 Å². The van der Waals surface area contributed by atoms with Crippen molar-refractivity contribution in [2.24, 2.45) is 0 Å². The molecule has 2 heterocycles. The summed E-state index contributed by atoms with van der Waals surface area (Å²) in [6, 6.07) is 9.47. The maximum Gasteiger partial charge on any atom is 0.235 e. The highest BCUT2D eigenvalue weighted by molar-refractivity contribution is 7.15. The van der Waals surface area contributed by atoms with Gasteiger partial charge in [0.05, 0.1) is 6.54 Å². The van der Waals surface area contributed by atoms with Crippen LogP contribution in [0.15, 0.2) is 30.3 Å². The van der Waals surface area contributed by atoms with E-state index in [0.29, 0.717) is 16.7 Å². The molecule has 0 aliphatic carbocycles. The zero-order valence-corrected chi connectivity index (χ0v) is 13.1. The molecule has 7 heteroatoms. The Morgan fingerprint density at radius 1 is 1.27 bits per heavy atom. The minimum atomic E-state index is -0.300. The number of carbonyl (C=O) groups excluding carboxylic acids is 1. The van der Waals surface area contributed by atoms with Crippen LogP contribution in [0.1, 0.15) is 29.5 Å². The molecule has 116 valence electrons. The molecular weight excluding hydrogens is 298 g/mol. The molecular formula is C15H19N5OS. The maximum atomic E-state index is 12.3. The van der Waals surface area contributed by atoms with Crippen molar-refractivity contribution in [2.75, 3.05) is 25.4 Å². The predicted molar refractivity (Wildman–Crippen MR) is 86.4 cm³/mol. The first-order chi connectivity index (χ1) is 10.7. The molecule has 1 aliphatic rings. The Bertz CT molecular complexity index is 624. The van der Waals surface area contributed by atoms with Crippen LogP contribution in [-0.2, 0) is 4.79 Å². The molecule has 3 rings (SSSR count). The van der Waals surface area contributed by atoms with Crippen molar-refractivity contribution >= 4 is 22.4 Å². The highest BCUT2D eigenvalue weighted by Gasteiger charge is 2.22. The van der Waals surface area contributed by atoms with Gasteiger partial charge in [-0.25, -0.2) is 0 Å². The number of nitrogens with two attached hydrogens (primary N) is 1. The van der Waals surface area contributed by atoms with E-state index in [1.807, 2.05) is 30.3 Å². The number of nitrogens with zero attached hydrogens (tertiary/aromatic N) is 3. The second-order valence-electron chi connectivity index (χ2n) is 5.37. The summed E-state index contributed by atoms with van der Waals surface area (Å²) >= 11 is 1.30. The standard InChI is InChI=1S/C15H19N5OS/c16-15-19-18-14(22-15)13(11-6-2-1-3-7-11)17-12(21)10-20-8-4-5-9-20/h1-3,6-7,13H,4-5,8-10H2,(H2,16,19)(H,17,21).